The number of aliphatic hydroxyl groups excluding tert-OH is 3. The molecule has 0 bridgehead atoms. The average Bonchev–Trinajstić information content (AvgIpc) is 3.25. The molecule has 3 aliphatic rings. The molecule has 1 unspecified atom stereocenters. The fourth-order valence-electron chi connectivity index (χ4n) is 3.92. The van der Waals surface area contributed by atoms with E-state index in [9.17, 15) is 15.3 Å². The van der Waals surface area contributed by atoms with Gasteiger partial charge < -0.3 is 30.7 Å². The summed E-state index contributed by atoms with van der Waals surface area (Å²) in [4.78, 5) is 15.0. The maximum absolute atomic E-state index is 10.3. The van der Waals surface area contributed by atoms with Crippen LogP contribution in [0.2, 0.25) is 0 Å². The number of aliphatic imine (C=N–C) groups is 3. The third-order valence-corrected chi connectivity index (χ3v) is 5.66. The van der Waals surface area contributed by atoms with E-state index >= 15 is 0 Å². The Hall–Kier alpha value is -2.17. The van der Waals surface area contributed by atoms with Crippen LogP contribution in [0.4, 0.5) is 0 Å². The van der Waals surface area contributed by atoms with Gasteiger partial charge in [-0.1, -0.05) is 37.3 Å². The second-order valence-corrected chi connectivity index (χ2v) is 7.46. The standard InChI is InChI=1S/C19H25N5O4/c1-11(7-12-5-3-2-4-6-12)19(20)16-17(21-9-23-19)24(10-22-16)18-15(27)14(26)13(8-25)28-18/h2-6,9,11,13-15,18,25-27H,7-8,10,20H2,1H3/t11-,13-,14-,15-,18-,19?/m1/s1. The average molecular weight is 387 g/mol. The first-order valence-corrected chi connectivity index (χ1v) is 9.34. The summed E-state index contributed by atoms with van der Waals surface area (Å²) in [5.74, 6) is 0.424. The van der Waals surface area contributed by atoms with Crippen LogP contribution in [0.15, 0.2) is 45.3 Å². The first kappa shape index (κ1) is 19.2. The zero-order chi connectivity index (χ0) is 19.9. The molecular formula is C19H25N5O4. The number of rotatable bonds is 5. The number of hydrogen-bond acceptors (Lipinski definition) is 9. The highest BCUT2D eigenvalue weighted by molar-refractivity contribution is 6.47. The van der Waals surface area contributed by atoms with Crippen LogP contribution in [-0.4, -0.2) is 81.6 Å². The van der Waals surface area contributed by atoms with Crippen molar-refractivity contribution < 1.29 is 20.1 Å². The van der Waals surface area contributed by atoms with Gasteiger partial charge in [0.05, 0.1) is 6.61 Å². The predicted octanol–water partition coefficient (Wildman–Crippen LogP) is -0.886. The van der Waals surface area contributed by atoms with Crippen molar-refractivity contribution in [3.63, 3.8) is 0 Å². The lowest BCUT2D eigenvalue weighted by molar-refractivity contribution is -0.0688. The molecule has 5 N–H and O–H groups in total. The fourth-order valence-corrected chi connectivity index (χ4v) is 3.92. The number of hydrogen-bond donors (Lipinski definition) is 4. The maximum Gasteiger partial charge on any atom is 0.162 e. The zero-order valence-corrected chi connectivity index (χ0v) is 15.6. The van der Waals surface area contributed by atoms with Gasteiger partial charge in [0.2, 0.25) is 0 Å². The van der Waals surface area contributed by atoms with Gasteiger partial charge in [-0.25, -0.2) is 9.98 Å². The van der Waals surface area contributed by atoms with E-state index in [4.69, 9.17) is 10.5 Å². The first-order valence-electron chi connectivity index (χ1n) is 9.34. The Balaban J connectivity index is 1.55. The predicted molar refractivity (Wildman–Crippen MR) is 104 cm³/mol. The van der Waals surface area contributed by atoms with Gasteiger partial charge in [0.1, 0.15) is 37.0 Å². The summed E-state index contributed by atoms with van der Waals surface area (Å²) < 4.78 is 5.63. The largest absolute Gasteiger partial charge is 0.394 e. The van der Waals surface area contributed by atoms with Crippen molar-refractivity contribution >= 4 is 17.9 Å². The van der Waals surface area contributed by atoms with E-state index in [1.165, 1.54) is 6.34 Å². The summed E-state index contributed by atoms with van der Waals surface area (Å²) in [6.45, 7) is 1.81. The molecule has 28 heavy (non-hydrogen) atoms. The number of nitrogens with zero attached hydrogens (tertiary/aromatic N) is 4. The molecule has 9 nitrogen and oxygen atoms in total. The Kier molecular flexibility index (Phi) is 5.02. The Morgan fingerprint density at radius 2 is 2.04 bits per heavy atom. The molecule has 1 aromatic rings. The van der Waals surface area contributed by atoms with Crippen molar-refractivity contribution in [2.24, 2.45) is 26.6 Å². The van der Waals surface area contributed by atoms with Crippen LogP contribution >= 0.6 is 0 Å². The molecule has 6 atom stereocenters. The summed E-state index contributed by atoms with van der Waals surface area (Å²) in [5, 5.41) is 29.7. The lowest BCUT2D eigenvalue weighted by atomic mass is 9.84. The molecule has 150 valence electrons. The number of fused-ring (bicyclic) bond motifs is 1. The molecule has 3 heterocycles. The third-order valence-electron chi connectivity index (χ3n) is 5.66. The molecule has 9 heteroatoms. The number of benzene rings is 1. The highest BCUT2D eigenvalue weighted by Crippen LogP contribution is 2.32. The van der Waals surface area contributed by atoms with Crippen LogP contribution in [0.3, 0.4) is 0 Å². The number of ether oxygens (including phenoxy) is 1. The summed E-state index contributed by atoms with van der Waals surface area (Å²) in [5.41, 5.74) is 7.32. The van der Waals surface area contributed by atoms with Gasteiger partial charge >= 0.3 is 0 Å². The van der Waals surface area contributed by atoms with Gasteiger partial charge in [-0.2, -0.15) is 0 Å². The van der Waals surface area contributed by atoms with Gasteiger partial charge in [-0.05, 0) is 12.0 Å². The van der Waals surface area contributed by atoms with E-state index in [0.717, 1.165) is 12.0 Å². The Morgan fingerprint density at radius 3 is 2.71 bits per heavy atom. The lowest BCUT2D eigenvalue weighted by Gasteiger charge is -2.35. The van der Waals surface area contributed by atoms with Crippen molar-refractivity contribution in [1.82, 2.24) is 4.90 Å². The van der Waals surface area contributed by atoms with Crippen molar-refractivity contribution in [1.29, 1.82) is 0 Å². The molecule has 1 saturated heterocycles. The summed E-state index contributed by atoms with van der Waals surface area (Å²) in [6, 6.07) is 10.0. The Morgan fingerprint density at radius 1 is 1.29 bits per heavy atom. The molecule has 0 radical (unpaired) electrons. The van der Waals surface area contributed by atoms with Crippen LogP contribution in [0.25, 0.3) is 0 Å². The molecule has 1 fully saturated rings. The van der Waals surface area contributed by atoms with Crippen LogP contribution < -0.4 is 5.73 Å². The smallest absolute Gasteiger partial charge is 0.162 e. The molecule has 0 aliphatic carbocycles. The maximum atomic E-state index is 10.3. The molecule has 0 aromatic heterocycles. The van der Waals surface area contributed by atoms with E-state index < -0.39 is 30.2 Å². The van der Waals surface area contributed by atoms with Crippen LogP contribution in [0.1, 0.15) is 12.5 Å². The van der Waals surface area contributed by atoms with Crippen molar-refractivity contribution in [2.75, 3.05) is 13.3 Å². The van der Waals surface area contributed by atoms with Gasteiger partial charge in [0, 0.05) is 5.92 Å². The lowest BCUT2D eigenvalue weighted by Crippen LogP contribution is -2.59. The quantitative estimate of drug-likeness (QED) is 0.518. The third kappa shape index (κ3) is 3.05. The zero-order valence-electron chi connectivity index (χ0n) is 15.6. The number of aliphatic hydroxyl groups is 3. The van der Waals surface area contributed by atoms with Gasteiger partial charge in [-0.15, -0.1) is 0 Å². The van der Waals surface area contributed by atoms with Gasteiger partial charge in [0.15, 0.2) is 17.7 Å². The molecule has 3 aliphatic heterocycles. The molecule has 0 spiro atoms. The van der Waals surface area contributed by atoms with Gasteiger partial charge in [-0.3, -0.25) is 4.99 Å². The Labute approximate surface area is 162 Å². The summed E-state index contributed by atoms with van der Waals surface area (Å²) >= 11 is 0. The Bertz CT molecular complexity index is 814. The highest BCUT2D eigenvalue weighted by Gasteiger charge is 2.51. The van der Waals surface area contributed by atoms with E-state index in [1.807, 2.05) is 37.3 Å². The first-order chi connectivity index (χ1) is 13.5. The van der Waals surface area contributed by atoms with E-state index in [0.29, 0.717) is 11.5 Å². The van der Waals surface area contributed by atoms with E-state index in [-0.39, 0.29) is 19.2 Å². The number of amidine groups is 1. The topological polar surface area (TPSA) is 136 Å². The molecule has 0 saturated carbocycles. The second kappa shape index (κ2) is 7.34. The minimum Gasteiger partial charge on any atom is -0.394 e. The molecule has 1 aromatic carbocycles. The summed E-state index contributed by atoms with van der Waals surface area (Å²) in [6.07, 6.45) is -1.97. The van der Waals surface area contributed by atoms with Crippen molar-refractivity contribution in [3.05, 3.63) is 35.9 Å². The van der Waals surface area contributed by atoms with Gasteiger partial charge in [0.25, 0.3) is 0 Å². The monoisotopic (exact) mass is 387 g/mol. The van der Waals surface area contributed by atoms with E-state index in [1.54, 1.807) is 4.90 Å². The second-order valence-electron chi connectivity index (χ2n) is 7.46. The fraction of sp³-hybridized carbons (Fsp3) is 0.526. The highest BCUT2D eigenvalue weighted by atomic mass is 16.6. The summed E-state index contributed by atoms with van der Waals surface area (Å²) in [7, 11) is 0. The van der Waals surface area contributed by atoms with Crippen LogP contribution in [0, 0.1) is 5.92 Å². The molecule has 0 amide bonds. The molecule has 4 rings (SSSR count). The normalized spacial score (nSPS) is 35.5. The van der Waals surface area contributed by atoms with Crippen molar-refractivity contribution in [2.45, 2.75) is 43.5 Å². The van der Waals surface area contributed by atoms with E-state index in [2.05, 4.69) is 15.0 Å². The SMILES string of the molecule is C[C@H](Cc1ccccc1)C1(N)N=CN=C2C1=NCN2[C@@H]1O[C@H](CO)[C@@H](O)[C@H]1O. The van der Waals surface area contributed by atoms with Crippen LogP contribution in [0.5, 0.6) is 0 Å². The number of nitrogens with two attached hydrogens (primary N) is 1. The molecular weight excluding hydrogens is 362 g/mol. The van der Waals surface area contributed by atoms with Crippen LogP contribution in [-0.2, 0) is 11.2 Å². The van der Waals surface area contributed by atoms with Crippen molar-refractivity contribution in [3.8, 4) is 0 Å². The minimum absolute atomic E-state index is 0.0550. The minimum atomic E-state index is -1.19.